The molecule has 1 aliphatic heterocycles. The van der Waals surface area contributed by atoms with Crippen LogP contribution in [0.25, 0.3) is 0 Å². The molecular formula is C12H23N3O. The van der Waals surface area contributed by atoms with Crippen molar-refractivity contribution in [1.82, 2.24) is 15.1 Å². The van der Waals surface area contributed by atoms with Crippen LogP contribution in [0.1, 0.15) is 13.3 Å². The highest BCUT2D eigenvalue weighted by atomic mass is 16.2. The molecule has 92 valence electrons. The molecule has 0 radical (unpaired) electrons. The van der Waals surface area contributed by atoms with Crippen molar-refractivity contribution in [3.05, 3.63) is 12.7 Å². The molecule has 16 heavy (non-hydrogen) atoms. The first-order valence-corrected chi connectivity index (χ1v) is 5.94. The van der Waals surface area contributed by atoms with E-state index in [2.05, 4.69) is 30.8 Å². The largest absolute Gasteiger partial charge is 0.339 e. The Kier molecular flexibility index (Phi) is 5.49. The van der Waals surface area contributed by atoms with Crippen LogP contribution >= 0.6 is 0 Å². The van der Waals surface area contributed by atoms with E-state index in [1.165, 1.54) is 0 Å². The number of amides is 1. The van der Waals surface area contributed by atoms with Crippen molar-refractivity contribution in [3.8, 4) is 0 Å². The van der Waals surface area contributed by atoms with Crippen molar-refractivity contribution >= 4 is 5.91 Å². The first-order chi connectivity index (χ1) is 7.63. The molecule has 1 fully saturated rings. The third-order valence-corrected chi connectivity index (χ3v) is 2.98. The molecule has 0 bridgehead atoms. The number of carbonyl (C=O) groups is 1. The Hall–Kier alpha value is -0.870. The maximum absolute atomic E-state index is 11.8. The molecular weight excluding hydrogens is 202 g/mol. The number of piperazine rings is 1. The van der Waals surface area contributed by atoms with E-state index in [1.807, 2.05) is 11.0 Å². The van der Waals surface area contributed by atoms with E-state index in [9.17, 15) is 4.79 Å². The van der Waals surface area contributed by atoms with Gasteiger partial charge in [0.15, 0.2) is 0 Å². The predicted molar refractivity (Wildman–Crippen MR) is 66.4 cm³/mol. The summed E-state index contributed by atoms with van der Waals surface area (Å²) in [7, 11) is 2.09. The van der Waals surface area contributed by atoms with E-state index in [1.54, 1.807) is 0 Å². The van der Waals surface area contributed by atoms with Crippen molar-refractivity contribution in [1.29, 1.82) is 0 Å². The minimum atomic E-state index is 0.212. The molecule has 1 amide bonds. The second-order valence-electron chi connectivity index (χ2n) is 4.49. The third kappa shape index (κ3) is 4.33. The molecule has 1 unspecified atom stereocenters. The average molecular weight is 225 g/mol. The Labute approximate surface area is 98.3 Å². The van der Waals surface area contributed by atoms with Crippen molar-refractivity contribution in [2.75, 3.05) is 39.8 Å². The minimum Gasteiger partial charge on any atom is -0.339 e. The molecule has 0 aromatic rings. The standard InChI is InChI=1S/C12H23N3O/c1-4-5-11(2)13-10-12(16)15-8-6-14(3)7-9-15/h4,11,13H,1,5-10H2,2-3H3. The van der Waals surface area contributed by atoms with Crippen LogP contribution in [0.2, 0.25) is 0 Å². The number of likely N-dealkylation sites (N-methyl/N-ethyl adjacent to an activating group) is 1. The lowest BCUT2D eigenvalue weighted by Gasteiger charge is -2.32. The van der Waals surface area contributed by atoms with Crippen LogP contribution < -0.4 is 5.32 Å². The molecule has 0 aliphatic carbocycles. The Bertz CT molecular complexity index is 234. The molecule has 1 rings (SSSR count). The van der Waals surface area contributed by atoms with E-state index in [0.29, 0.717) is 12.6 Å². The Morgan fingerprint density at radius 1 is 1.44 bits per heavy atom. The van der Waals surface area contributed by atoms with E-state index < -0.39 is 0 Å². The fraction of sp³-hybridized carbons (Fsp3) is 0.750. The smallest absolute Gasteiger partial charge is 0.236 e. The number of nitrogens with one attached hydrogen (secondary N) is 1. The van der Waals surface area contributed by atoms with Gasteiger partial charge in [-0.15, -0.1) is 6.58 Å². The summed E-state index contributed by atoms with van der Waals surface area (Å²) < 4.78 is 0. The third-order valence-electron chi connectivity index (χ3n) is 2.98. The molecule has 1 N–H and O–H groups in total. The van der Waals surface area contributed by atoms with Crippen molar-refractivity contribution in [2.24, 2.45) is 0 Å². The molecule has 1 heterocycles. The van der Waals surface area contributed by atoms with Crippen LogP contribution in [-0.2, 0) is 4.79 Å². The van der Waals surface area contributed by atoms with Gasteiger partial charge in [-0.05, 0) is 20.4 Å². The molecule has 1 atom stereocenters. The number of carbonyl (C=O) groups excluding carboxylic acids is 1. The zero-order valence-corrected chi connectivity index (χ0v) is 10.4. The normalized spacial score (nSPS) is 19.5. The minimum absolute atomic E-state index is 0.212. The summed E-state index contributed by atoms with van der Waals surface area (Å²) in [5.74, 6) is 0.212. The van der Waals surface area contributed by atoms with Crippen LogP contribution in [0.5, 0.6) is 0 Å². The second-order valence-corrected chi connectivity index (χ2v) is 4.49. The van der Waals surface area contributed by atoms with Gasteiger partial charge in [0.05, 0.1) is 6.54 Å². The van der Waals surface area contributed by atoms with Gasteiger partial charge in [0, 0.05) is 32.2 Å². The van der Waals surface area contributed by atoms with E-state index in [-0.39, 0.29) is 5.91 Å². The fourth-order valence-corrected chi connectivity index (χ4v) is 1.76. The van der Waals surface area contributed by atoms with Gasteiger partial charge in [-0.3, -0.25) is 4.79 Å². The molecule has 0 saturated carbocycles. The summed E-state index contributed by atoms with van der Waals surface area (Å²) in [6.45, 7) is 9.86. The van der Waals surface area contributed by atoms with Crippen LogP contribution in [0.4, 0.5) is 0 Å². The number of hydrogen-bond donors (Lipinski definition) is 1. The SMILES string of the molecule is C=CCC(C)NCC(=O)N1CCN(C)CC1. The van der Waals surface area contributed by atoms with Gasteiger partial charge in [0.25, 0.3) is 0 Å². The van der Waals surface area contributed by atoms with Gasteiger partial charge in [-0.1, -0.05) is 6.08 Å². The van der Waals surface area contributed by atoms with E-state index in [0.717, 1.165) is 32.6 Å². The number of nitrogens with zero attached hydrogens (tertiary/aromatic N) is 2. The van der Waals surface area contributed by atoms with Crippen LogP contribution in [-0.4, -0.2) is 61.5 Å². The summed E-state index contributed by atoms with van der Waals surface area (Å²) in [6.07, 6.45) is 2.77. The number of rotatable bonds is 5. The van der Waals surface area contributed by atoms with Crippen molar-refractivity contribution in [3.63, 3.8) is 0 Å². The van der Waals surface area contributed by atoms with Gasteiger partial charge >= 0.3 is 0 Å². The van der Waals surface area contributed by atoms with Crippen molar-refractivity contribution < 1.29 is 4.79 Å². The lowest BCUT2D eigenvalue weighted by atomic mass is 10.2. The molecule has 1 aliphatic rings. The first-order valence-electron chi connectivity index (χ1n) is 5.94. The highest BCUT2D eigenvalue weighted by molar-refractivity contribution is 5.78. The lowest BCUT2D eigenvalue weighted by molar-refractivity contribution is -0.131. The van der Waals surface area contributed by atoms with Gasteiger partial charge in [0.2, 0.25) is 5.91 Å². The predicted octanol–water partition coefficient (Wildman–Crippen LogP) is 0.315. The van der Waals surface area contributed by atoms with Crippen LogP contribution in [0, 0.1) is 0 Å². The fourth-order valence-electron chi connectivity index (χ4n) is 1.76. The monoisotopic (exact) mass is 225 g/mol. The summed E-state index contributed by atoms with van der Waals surface area (Å²) >= 11 is 0. The molecule has 1 saturated heterocycles. The summed E-state index contributed by atoms with van der Waals surface area (Å²) in [4.78, 5) is 16.0. The van der Waals surface area contributed by atoms with Crippen molar-refractivity contribution in [2.45, 2.75) is 19.4 Å². The van der Waals surface area contributed by atoms with E-state index >= 15 is 0 Å². The lowest BCUT2D eigenvalue weighted by Crippen LogP contribution is -2.50. The maximum atomic E-state index is 11.8. The highest BCUT2D eigenvalue weighted by Crippen LogP contribution is 1.99. The zero-order valence-electron chi connectivity index (χ0n) is 10.4. The topological polar surface area (TPSA) is 35.6 Å². The molecule has 0 aromatic heterocycles. The summed E-state index contributed by atoms with van der Waals surface area (Å²) in [6, 6.07) is 0.328. The maximum Gasteiger partial charge on any atom is 0.236 e. The van der Waals surface area contributed by atoms with Gasteiger partial charge in [-0.25, -0.2) is 0 Å². The highest BCUT2D eigenvalue weighted by Gasteiger charge is 2.18. The molecule has 0 spiro atoms. The van der Waals surface area contributed by atoms with Gasteiger partial charge in [-0.2, -0.15) is 0 Å². The Morgan fingerprint density at radius 3 is 2.62 bits per heavy atom. The molecule has 4 heteroatoms. The van der Waals surface area contributed by atoms with Gasteiger partial charge < -0.3 is 15.1 Å². The molecule has 0 aromatic carbocycles. The average Bonchev–Trinajstić information content (AvgIpc) is 2.27. The second kappa shape index (κ2) is 6.66. The zero-order chi connectivity index (χ0) is 12.0. The Morgan fingerprint density at radius 2 is 2.06 bits per heavy atom. The summed E-state index contributed by atoms with van der Waals surface area (Å²) in [5, 5.41) is 3.22. The quantitative estimate of drug-likeness (QED) is 0.684. The molecule has 4 nitrogen and oxygen atoms in total. The van der Waals surface area contributed by atoms with Crippen LogP contribution in [0.3, 0.4) is 0 Å². The number of hydrogen-bond acceptors (Lipinski definition) is 3. The first kappa shape index (κ1) is 13.2. The van der Waals surface area contributed by atoms with Crippen LogP contribution in [0.15, 0.2) is 12.7 Å². The van der Waals surface area contributed by atoms with Gasteiger partial charge in [0.1, 0.15) is 0 Å². The summed E-state index contributed by atoms with van der Waals surface area (Å²) in [5.41, 5.74) is 0. The van der Waals surface area contributed by atoms with E-state index in [4.69, 9.17) is 0 Å². The Balaban J connectivity index is 2.22.